The third-order valence-electron chi connectivity index (χ3n) is 4.20. The average molecular weight is 371 g/mol. The minimum atomic E-state index is -3.78. The van der Waals surface area contributed by atoms with Crippen molar-refractivity contribution < 1.29 is 8.42 Å². The maximum Gasteiger partial charge on any atom is 0.261 e. The zero-order chi connectivity index (χ0) is 18.0. The molecule has 0 saturated carbocycles. The predicted octanol–water partition coefficient (Wildman–Crippen LogP) is 5.49. The van der Waals surface area contributed by atoms with Gasteiger partial charge in [0.1, 0.15) is 0 Å². The molecule has 0 bridgehead atoms. The van der Waals surface area contributed by atoms with Crippen molar-refractivity contribution in [3.8, 4) is 11.1 Å². The van der Waals surface area contributed by atoms with Crippen LogP contribution in [0.5, 0.6) is 0 Å². The van der Waals surface area contributed by atoms with Crippen LogP contribution in [0.1, 0.15) is 22.3 Å². The molecule has 0 aliphatic heterocycles. The first kappa shape index (κ1) is 17.7. The molecule has 0 spiro atoms. The third kappa shape index (κ3) is 4.12. The van der Waals surface area contributed by atoms with Gasteiger partial charge in [0.25, 0.3) is 9.05 Å². The first-order valence-corrected chi connectivity index (χ1v) is 10.3. The summed E-state index contributed by atoms with van der Waals surface area (Å²) in [5.41, 5.74) is 5.79. The standard InChI is InChI=1S/C21H19ClO2S/c1-15-12-16(2)21(25(22,23)24)20(13-15)14-17-8-10-19(11-9-17)18-6-4-3-5-7-18/h3-13H,14H2,1-2H3. The van der Waals surface area contributed by atoms with Crippen molar-refractivity contribution in [2.24, 2.45) is 0 Å². The van der Waals surface area contributed by atoms with Crippen molar-refractivity contribution in [3.63, 3.8) is 0 Å². The fraction of sp³-hybridized carbons (Fsp3) is 0.143. The van der Waals surface area contributed by atoms with E-state index >= 15 is 0 Å². The average Bonchev–Trinajstić information content (AvgIpc) is 2.54. The normalized spacial score (nSPS) is 11.5. The number of hydrogen-bond acceptors (Lipinski definition) is 2. The highest BCUT2D eigenvalue weighted by Gasteiger charge is 2.19. The maximum atomic E-state index is 12.0. The Hall–Kier alpha value is -2.10. The molecule has 0 aliphatic rings. The van der Waals surface area contributed by atoms with Crippen molar-refractivity contribution in [1.29, 1.82) is 0 Å². The molecule has 3 rings (SSSR count). The fourth-order valence-corrected chi connectivity index (χ4v) is 4.74. The van der Waals surface area contributed by atoms with Gasteiger partial charge in [0.05, 0.1) is 4.90 Å². The number of halogens is 1. The van der Waals surface area contributed by atoms with E-state index in [1.54, 1.807) is 6.92 Å². The smallest absolute Gasteiger partial charge is 0.207 e. The topological polar surface area (TPSA) is 34.1 Å². The summed E-state index contributed by atoms with van der Waals surface area (Å²) in [6, 6.07) is 22.1. The molecule has 0 atom stereocenters. The second-order valence-corrected chi connectivity index (χ2v) is 8.75. The first-order valence-electron chi connectivity index (χ1n) is 8.04. The van der Waals surface area contributed by atoms with Gasteiger partial charge in [-0.25, -0.2) is 8.42 Å². The summed E-state index contributed by atoms with van der Waals surface area (Å²) in [6.07, 6.45) is 0.527. The van der Waals surface area contributed by atoms with Crippen LogP contribution in [0, 0.1) is 13.8 Å². The number of hydrogen-bond donors (Lipinski definition) is 0. The second-order valence-electron chi connectivity index (χ2n) is 6.25. The van der Waals surface area contributed by atoms with Crippen LogP contribution in [0.3, 0.4) is 0 Å². The van der Waals surface area contributed by atoms with Gasteiger partial charge < -0.3 is 0 Å². The van der Waals surface area contributed by atoms with E-state index in [4.69, 9.17) is 10.7 Å². The predicted molar refractivity (Wildman–Crippen MR) is 104 cm³/mol. The minimum Gasteiger partial charge on any atom is -0.207 e. The highest BCUT2D eigenvalue weighted by Crippen LogP contribution is 2.28. The molecule has 25 heavy (non-hydrogen) atoms. The fourth-order valence-electron chi connectivity index (χ4n) is 3.19. The lowest BCUT2D eigenvalue weighted by Gasteiger charge is -2.12. The summed E-state index contributed by atoms with van der Waals surface area (Å²) in [5.74, 6) is 0. The highest BCUT2D eigenvalue weighted by molar-refractivity contribution is 8.13. The van der Waals surface area contributed by atoms with E-state index in [1.807, 2.05) is 49.4 Å². The van der Waals surface area contributed by atoms with Crippen molar-refractivity contribution in [3.05, 3.63) is 89.0 Å². The maximum absolute atomic E-state index is 12.0. The summed E-state index contributed by atoms with van der Waals surface area (Å²) in [4.78, 5) is 0.229. The molecule has 0 radical (unpaired) electrons. The molecule has 128 valence electrons. The quantitative estimate of drug-likeness (QED) is 0.569. The van der Waals surface area contributed by atoms with E-state index in [0.29, 0.717) is 12.0 Å². The van der Waals surface area contributed by atoms with E-state index in [9.17, 15) is 8.42 Å². The lowest BCUT2D eigenvalue weighted by molar-refractivity contribution is 0.608. The molecule has 3 aromatic rings. The second kappa shape index (κ2) is 7.03. The lowest BCUT2D eigenvalue weighted by Crippen LogP contribution is -2.03. The first-order chi connectivity index (χ1) is 11.8. The van der Waals surface area contributed by atoms with Crippen LogP contribution < -0.4 is 0 Å². The van der Waals surface area contributed by atoms with Crippen LogP contribution in [0.2, 0.25) is 0 Å². The summed E-state index contributed by atoms with van der Waals surface area (Å²) >= 11 is 0. The van der Waals surface area contributed by atoms with Crippen molar-refractivity contribution in [1.82, 2.24) is 0 Å². The van der Waals surface area contributed by atoms with Gasteiger partial charge in [-0.3, -0.25) is 0 Å². The molecule has 0 fully saturated rings. The summed E-state index contributed by atoms with van der Waals surface area (Å²) in [7, 11) is 1.89. The zero-order valence-corrected chi connectivity index (χ0v) is 15.7. The molecular formula is C21H19ClO2S. The van der Waals surface area contributed by atoms with Crippen LogP contribution >= 0.6 is 10.7 Å². The van der Waals surface area contributed by atoms with Gasteiger partial charge in [-0.05, 0) is 48.1 Å². The molecule has 0 heterocycles. The Morgan fingerprint density at radius 2 is 1.44 bits per heavy atom. The largest absolute Gasteiger partial charge is 0.261 e. The van der Waals surface area contributed by atoms with E-state index < -0.39 is 9.05 Å². The van der Waals surface area contributed by atoms with Crippen molar-refractivity contribution in [2.45, 2.75) is 25.2 Å². The van der Waals surface area contributed by atoms with Crippen LogP contribution in [-0.4, -0.2) is 8.42 Å². The SMILES string of the molecule is Cc1cc(C)c(S(=O)(=O)Cl)c(Cc2ccc(-c3ccccc3)cc2)c1. The Labute approximate surface area is 153 Å². The third-order valence-corrected chi connectivity index (χ3v) is 5.73. The summed E-state index contributed by atoms with van der Waals surface area (Å²) in [6.45, 7) is 3.74. The molecule has 3 aromatic carbocycles. The Balaban J connectivity index is 1.96. The summed E-state index contributed by atoms with van der Waals surface area (Å²) in [5, 5.41) is 0. The Kier molecular flexibility index (Phi) is 4.98. The van der Waals surface area contributed by atoms with E-state index in [2.05, 4.69) is 24.3 Å². The van der Waals surface area contributed by atoms with Gasteiger partial charge >= 0.3 is 0 Å². The molecule has 0 amide bonds. The zero-order valence-electron chi connectivity index (χ0n) is 14.2. The molecule has 4 heteroatoms. The highest BCUT2D eigenvalue weighted by atomic mass is 35.7. The monoisotopic (exact) mass is 370 g/mol. The van der Waals surface area contributed by atoms with Crippen LogP contribution in [0.25, 0.3) is 11.1 Å². The number of aryl methyl sites for hydroxylation is 2. The number of benzene rings is 3. The Morgan fingerprint density at radius 1 is 0.840 bits per heavy atom. The van der Waals surface area contributed by atoms with Crippen LogP contribution in [0.15, 0.2) is 71.6 Å². The molecule has 0 N–H and O–H groups in total. The Bertz CT molecular complexity index is 992. The van der Waals surface area contributed by atoms with Gasteiger partial charge in [-0.2, -0.15) is 0 Å². The molecule has 0 aromatic heterocycles. The summed E-state index contributed by atoms with van der Waals surface area (Å²) < 4.78 is 24.0. The van der Waals surface area contributed by atoms with E-state index in [1.165, 1.54) is 0 Å². The lowest BCUT2D eigenvalue weighted by atomic mass is 9.98. The van der Waals surface area contributed by atoms with Crippen molar-refractivity contribution in [2.75, 3.05) is 0 Å². The van der Waals surface area contributed by atoms with Gasteiger partial charge in [-0.1, -0.05) is 72.3 Å². The van der Waals surface area contributed by atoms with Gasteiger partial charge in [0, 0.05) is 10.7 Å². The molecule has 2 nitrogen and oxygen atoms in total. The molecule has 0 aliphatic carbocycles. The van der Waals surface area contributed by atoms with E-state index in [0.717, 1.165) is 27.8 Å². The number of rotatable bonds is 4. The molecule has 0 saturated heterocycles. The van der Waals surface area contributed by atoms with Gasteiger partial charge in [0.15, 0.2) is 0 Å². The molecular weight excluding hydrogens is 352 g/mol. The van der Waals surface area contributed by atoms with E-state index in [-0.39, 0.29) is 4.90 Å². The van der Waals surface area contributed by atoms with Gasteiger partial charge in [0.2, 0.25) is 0 Å². The van der Waals surface area contributed by atoms with Crippen LogP contribution in [0.4, 0.5) is 0 Å². The minimum absolute atomic E-state index is 0.229. The molecule has 0 unspecified atom stereocenters. The van der Waals surface area contributed by atoms with Gasteiger partial charge in [-0.15, -0.1) is 0 Å². The van der Waals surface area contributed by atoms with Crippen LogP contribution in [-0.2, 0) is 15.5 Å². The Morgan fingerprint density at radius 3 is 2.04 bits per heavy atom. The van der Waals surface area contributed by atoms with Crippen molar-refractivity contribution >= 4 is 19.7 Å².